The summed E-state index contributed by atoms with van der Waals surface area (Å²) in [4.78, 5) is 23.7. The highest BCUT2D eigenvalue weighted by Gasteiger charge is 2.46. The molecule has 0 spiro atoms. The van der Waals surface area contributed by atoms with Crippen molar-refractivity contribution in [1.29, 1.82) is 0 Å². The van der Waals surface area contributed by atoms with Gasteiger partial charge in [0.2, 0.25) is 5.54 Å². The van der Waals surface area contributed by atoms with Gasteiger partial charge in [-0.15, -0.1) is 0 Å². The van der Waals surface area contributed by atoms with E-state index in [-0.39, 0.29) is 23.7 Å². The van der Waals surface area contributed by atoms with Crippen LogP contribution in [-0.2, 0) is 16.0 Å². The van der Waals surface area contributed by atoms with Gasteiger partial charge < -0.3 is 4.74 Å². The molecular weight excluding hydrogens is 306 g/mol. The molecule has 0 aliphatic heterocycles. The monoisotopic (exact) mass is 331 g/mol. The number of hydrogen-bond acceptors (Lipinski definition) is 4. The van der Waals surface area contributed by atoms with Gasteiger partial charge in [-0.25, -0.2) is 0 Å². The second kappa shape index (κ2) is 8.62. The zero-order valence-corrected chi connectivity index (χ0v) is 14.2. The predicted octanol–water partition coefficient (Wildman–Crippen LogP) is 4.09. The second-order valence-electron chi connectivity index (χ2n) is 6.23. The van der Waals surface area contributed by atoms with Gasteiger partial charge in [-0.1, -0.05) is 36.4 Å². The van der Waals surface area contributed by atoms with E-state index in [1.165, 1.54) is 0 Å². The Morgan fingerprint density at radius 3 is 2.62 bits per heavy atom. The average molecular weight is 331 g/mol. The molecule has 5 heteroatoms. The third kappa shape index (κ3) is 4.43. The highest BCUT2D eigenvalue weighted by molar-refractivity contribution is 5.69. The van der Waals surface area contributed by atoms with Crippen LogP contribution in [0.5, 0.6) is 0 Å². The van der Waals surface area contributed by atoms with E-state index in [0.29, 0.717) is 13.0 Å². The molecular formula is C19H25NO4. The van der Waals surface area contributed by atoms with E-state index in [2.05, 4.69) is 0 Å². The van der Waals surface area contributed by atoms with E-state index >= 15 is 0 Å². The summed E-state index contributed by atoms with van der Waals surface area (Å²) in [6.45, 7) is 2.04. The molecule has 0 N–H and O–H groups in total. The minimum atomic E-state index is -1.21. The van der Waals surface area contributed by atoms with Crippen molar-refractivity contribution in [2.75, 3.05) is 6.61 Å². The van der Waals surface area contributed by atoms with Gasteiger partial charge in [0.25, 0.3) is 0 Å². The SMILES string of the molecule is CCOC(=O)CCC(Cc1ccccc1)(C1=CCCCC1)[N+](=O)[O-]. The van der Waals surface area contributed by atoms with Gasteiger partial charge in [0, 0.05) is 23.3 Å². The van der Waals surface area contributed by atoms with Crippen LogP contribution in [0.4, 0.5) is 0 Å². The molecule has 1 unspecified atom stereocenters. The summed E-state index contributed by atoms with van der Waals surface area (Å²) < 4.78 is 4.97. The lowest BCUT2D eigenvalue weighted by Crippen LogP contribution is -2.44. The Morgan fingerprint density at radius 2 is 2.04 bits per heavy atom. The molecule has 2 rings (SSSR count). The van der Waals surface area contributed by atoms with Crippen molar-refractivity contribution in [3.05, 3.63) is 57.7 Å². The maximum atomic E-state index is 12.1. The standard InChI is InChI=1S/C19H25NO4/c1-2-24-18(21)13-14-19(20(22)23,17-11-7-4-8-12-17)15-16-9-5-3-6-10-16/h3,5-6,9-11H,2,4,7-8,12-15H2,1H3. The minimum Gasteiger partial charge on any atom is -0.466 e. The summed E-state index contributed by atoms with van der Waals surface area (Å²) in [7, 11) is 0. The third-order valence-corrected chi connectivity index (χ3v) is 4.63. The predicted molar refractivity (Wildman–Crippen MR) is 92.3 cm³/mol. The van der Waals surface area contributed by atoms with Gasteiger partial charge in [0.1, 0.15) is 0 Å². The molecule has 1 atom stereocenters. The number of nitro groups is 1. The third-order valence-electron chi connectivity index (χ3n) is 4.63. The van der Waals surface area contributed by atoms with E-state index in [1.54, 1.807) is 6.92 Å². The fourth-order valence-electron chi connectivity index (χ4n) is 3.37. The molecule has 0 saturated carbocycles. The summed E-state index contributed by atoms with van der Waals surface area (Å²) in [5.41, 5.74) is 0.575. The van der Waals surface area contributed by atoms with Gasteiger partial charge in [0.15, 0.2) is 0 Å². The first kappa shape index (κ1) is 18.2. The smallest absolute Gasteiger partial charge is 0.306 e. The van der Waals surface area contributed by atoms with E-state index < -0.39 is 5.54 Å². The lowest BCUT2D eigenvalue weighted by Gasteiger charge is -2.30. The van der Waals surface area contributed by atoms with Gasteiger partial charge in [-0.2, -0.15) is 0 Å². The lowest BCUT2D eigenvalue weighted by atomic mass is 9.76. The zero-order chi connectivity index (χ0) is 17.4. The number of nitrogens with zero attached hydrogens (tertiary/aromatic N) is 1. The Morgan fingerprint density at radius 1 is 1.29 bits per heavy atom. The van der Waals surface area contributed by atoms with E-state index in [0.717, 1.165) is 36.8 Å². The van der Waals surface area contributed by atoms with Gasteiger partial charge in [-0.05, 0) is 38.2 Å². The van der Waals surface area contributed by atoms with E-state index in [1.807, 2.05) is 36.4 Å². The fourth-order valence-corrected chi connectivity index (χ4v) is 3.37. The molecule has 0 bridgehead atoms. The maximum absolute atomic E-state index is 12.1. The first-order chi connectivity index (χ1) is 11.6. The molecule has 1 aliphatic carbocycles. The summed E-state index contributed by atoms with van der Waals surface area (Å²) in [5.74, 6) is -0.367. The highest BCUT2D eigenvalue weighted by Crippen LogP contribution is 2.36. The molecule has 24 heavy (non-hydrogen) atoms. The number of allylic oxidation sites excluding steroid dienone is 1. The molecule has 1 aliphatic rings. The first-order valence-electron chi connectivity index (χ1n) is 8.62. The van der Waals surface area contributed by atoms with Gasteiger partial charge >= 0.3 is 5.97 Å². The van der Waals surface area contributed by atoms with Crippen molar-refractivity contribution in [2.45, 2.75) is 57.4 Å². The number of carbonyl (C=O) groups is 1. The Labute approximate surface area is 142 Å². The summed E-state index contributed by atoms with van der Waals surface area (Å²) in [6.07, 6.45) is 6.22. The van der Waals surface area contributed by atoms with Crippen molar-refractivity contribution in [1.82, 2.24) is 0 Å². The van der Waals surface area contributed by atoms with Crippen LogP contribution in [-0.4, -0.2) is 23.0 Å². The minimum absolute atomic E-state index is 0.0684. The van der Waals surface area contributed by atoms with Crippen LogP contribution < -0.4 is 0 Å². The van der Waals surface area contributed by atoms with Crippen LogP contribution in [0.2, 0.25) is 0 Å². The van der Waals surface area contributed by atoms with Crippen molar-refractivity contribution in [2.24, 2.45) is 0 Å². The van der Waals surface area contributed by atoms with Crippen molar-refractivity contribution >= 4 is 5.97 Å². The molecule has 1 aromatic carbocycles. The molecule has 5 nitrogen and oxygen atoms in total. The normalized spacial score (nSPS) is 16.8. The van der Waals surface area contributed by atoms with Crippen LogP contribution >= 0.6 is 0 Å². The molecule has 130 valence electrons. The molecule has 0 radical (unpaired) electrons. The second-order valence-corrected chi connectivity index (χ2v) is 6.23. The number of ether oxygens (including phenoxy) is 1. The largest absolute Gasteiger partial charge is 0.466 e. The number of benzene rings is 1. The average Bonchev–Trinajstić information content (AvgIpc) is 2.60. The van der Waals surface area contributed by atoms with Crippen LogP contribution in [0.1, 0.15) is 51.0 Å². The van der Waals surface area contributed by atoms with Gasteiger partial charge in [0.05, 0.1) is 13.0 Å². The number of esters is 1. The molecule has 0 heterocycles. The van der Waals surface area contributed by atoms with Crippen LogP contribution in [0.25, 0.3) is 0 Å². The Hall–Kier alpha value is -2.17. The summed E-state index contributed by atoms with van der Waals surface area (Å²) in [6, 6.07) is 9.50. The molecule has 0 fully saturated rings. The number of hydrogen-bond donors (Lipinski definition) is 0. The summed E-state index contributed by atoms with van der Waals surface area (Å²) in [5, 5.41) is 12.1. The molecule has 1 aromatic rings. The fraction of sp³-hybridized carbons (Fsp3) is 0.526. The summed E-state index contributed by atoms with van der Waals surface area (Å²) >= 11 is 0. The molecule has 0 aromatic heterocycles. The Balaban J connectivity index is 2.31. The highest BCUT2D eigenvalue weighted by atomic mass is 16.6. The zero-order valence-electron chi connectivity index (χ0n) is 14.2. The van der Waals surface area contributed by atoms with Crippen LogP contribution in [0.3, 0.4) is 0 Å². The molecule has 0 amide bonds. The number of carbonyl (C=O) groups excluding carboxylic acids is 1. The van der Waals surface area contributed by atoms with Crippen LogP contribution in [0.15, 0.2) is 42.0 Å². The number of rotatable bonds is 8. The Kier molecular flexibility index (Phi) is 6.53. The Bertz CT molecular complexity index is 597. The topological polar surface area (TPSA) is 69.4 Å². The van der Waals surface area contributed by atoms with Crippen molar-refractivity contribution in [3.63, 3.8) is 0 Å². The van der Waals surface area contributed by atoms with Crippen molar-refractivity contribution in [3.8, 4) is 0 Å². The molecule has 0 saturated heterocycles. The first-order valence-corrected chi connectivity index (χ1v) is 8.62. The van der Waals surface area contributed by atoms with E-state index in [4.69, 9.17) is 4.74 Å². The maximum Gasteiger partial charge on any atom is 0.306 e. The quantitative estimate of drug-likeness (QED) is 0.311. The van der Waals surface area contributed by atoms with Gasteiger partial charge in [-0.3, -0.25) is 14.9 Å². The van der Waals surface area contributed by atoms with E-state index in [9.17, 15) is 14.9 Å². The van der Waals surface area contributed by atoms with Crippen LogP contribution in [0, 0.1) is 10.1 Å². The van der Waals surface area contributed by atoms with Crippen molar-refractivity contribution < 1.29 is 14.5 Å². The lowest BCUT2D eigenvalue weighted by molar-refractivity contribution is -0.559.